The topological polar surface area (TPSA) is 92.4 Å². The standard InChI is InChI=1S/C14H20N2O3/c1-9(2)12(14(18)19)16-13(17)11(15)8-10-6-4-3-5-7-10/h3-7,9,11-12H,8,15H2,1-2H3,(H,16,17)(H,18,19)/t11?,12-/m0/s1. The van der Waals surface area contributed by atoms with Crippen LogP contribution in [0.3, 0.4) is 0 Å². The lowest BCUT2D eigenvalue weighted by atomic mass is 10.0. The zero-order chi connectivity index (χ0) is 14.4. The summed E-state index contributed by atoms with van der Waals surface area (Å²) in [5.41, 5.74) is 6.74. The van der Waals surface area contributed by atoms with Gasteiger partial charge in [-0.1, -0.05) is 44.2 Å². The highest BCUT2D eigenvalue weighted by molar-refractivity contribution is 5.87. The van der Waals surface area contributed by atoms with Crippen molar-refractivity contribution in [3.8, 4) is 0 Å². The van der Waals surface area contributed by atoms with Crippen LogP contribution >= 0.6 is 0 Å². The molecule has 0 aliphatic carbocycles. The van der Waals surface area contributed by atoms with E-state index in [0.29, 0.717) is 6.42 Å². The summed E-state index contributed by atoms with van der Waals surface area (Å²) in [5.74, 6) is -1.68. The third-order valence-corrected chi connectivity index (χ3v) is 2.87. The van der Waals surface area contributed by atoms with Gasteiger partial charge in [-0.05, 0) is 17.9 Å². The minimum absolute atomic E-state index is 0.189. The van der Waals surface area contributed by atoms with Gasteiger partial charge in [0.25, 0.3) is 0 Å². The number of hydrogen-bond donors (Lipinski definition) is 3. The zero-order valence-corrected chi connectivity index (χ0v) is 11.2. The van der Waals surface area contributed by atoms with E-state index in [2.05, 4.69) is 5.32 Å². The Hall–Kier alpha value is -1.88. The van der Waals surface area contributed by atoms with E-state index in [1.54, 1.807) is 13.8 Å². The van der Waals surface area contributed by atoms with Gasteiger partial charge in [0.05, 0.1) is 6.04 Å². The number of benzene rings is 1. The van der Waals surface area contributed by atoms with Gasteiger partial charge in [0.2, 0.25) is 5.91 Å². The van der Waals surface area contributed by atoms with Crippen molar-refractivity contribution in [2.75, 3.05) is 0 Å². The molecule has 0 aromatic heterocycles. The number of carboxylic acid groups (broad SMARTS) is 1. The molecule has 0 aliphatic heterocycles. The molecule has 1 rings (SSSR count). The highest BCUT2D eigenvalue weighted by Crippen LogP contribution is 2.05. The molecular formula is C14H20N2O3. The molecule has 19 heavy (non-hydrogen) atoms. The molecule has 0 radical (unpaired) electrons. The van der Waals surface area contributed by atoms with Crippen LogP contribution in [0.5, 0.6) is 0 Å². The van der Waals surface area contributed by atoms with Crippen molar-refractivity contribution in [1.29, 1.82) is 0 Å². The Kier molecular flexibility index (Phi) is 5.51. The highest BCUT2D eigenvalue weighted by Gasteiger charge is 2.25. The molecule has 104 valence electrons. The second-order valence-corrected chi connectivity index (χ2v) is 4.86. The van der Waals surface area contributed by atoms with Crippen LogP contribution in [0, 0.1) is 5.92 Å². The molecule has 1 amide bonds. The summed E-state index contributed by atoms with van der Waals surface area (Å²) in [7, 11) is 0. The number of rotatable bonds is 6. The normalized spacial score (nSPS) is 13.9. The Balaban J connectivity index is 2.60. The number of nitrogens with two attached hydrogens (primary N) is 1. The molecule has 2 atom stereocenters. The van der Waals surface area contributed by atoms with Crippen molar-refractivity contribution < 1.29 is 14.7 Å². The van der Waals surface area contributed by atoms with Gasteiger partial charge in [-0.2, -0.15) is 0 Å². The smallest absolute Gasteiger partial charge is 0.326 e. The molecule has 4 N–H and O–H groups in total. The third-order valence-electron chi connectivity index (χ3n) is 2.87. The maximum Gasteiger partial charge on any atom is 0.326 e. The Morgan fingerprint density at radius 3 is 2.32 bits per heavy atom. The average Bonchev–Trinajstić information content (AvgIpc) is 2.35. The van der Waals surface area contributed by atoms with Gasteiger partial charge in [-0.15, -0.1) is 0 Å². The van der Waals surface area contributed by atoms with E-state index >= 15 is 0 Å². The van der Waals surface area contributed by atoms with Crippen molar-refractivity contribution in [3.05, 3.63) is 35.9 Å². The van der Waals surface area contributed by atoms with Gasteiger partial charge in [0, 0.05) is 0 Å². The Morgan fingerprint density at radius 2 is 1.84 bits per heavy atom. The number of carbonyl (C=O) groups is 2. The van der Waals surface area contributed by atoms with Crippen LogP contribution in [-0.4, -0.2) is 29.1 Å². The van der Waals surface area contributed by atoms with Crippen LogP contribution in [0.15, 0.2) is 30.3 Å². The molecule has 1 aromatic carbocycles. The molecule has 0 spiro atoms. The number of amides is 1. The van der Waals surface area contributed by atoms with Gasteiger partial charge in [0.1, 0.15) is 6.04 Å². The van der Waals surface area contributed by atoms with Gasteiger partial charge in [0.15, 0.2) is 0 Å². The van der Waals surface area contributed by atoms with Crippen molar-refractivity contribution in [1.82, 2.24) is 5.32 Å². The molecule has 0 fully saturated rings. The molecule has 1 unspecified atom stereocenters. The third kappa shape index (κ3) is 4.71. The van der Waals surface area contributed by atoms with E-state index in [-0.39, 0.29) is 5.92 Å². The molecule has 1 aromatic rings. The molecule has 0 saturated heterocycles. The zero-order valence-electron chi connectivity index (χ0n) is 11.2. The molecule has 0 aliphatic rings. The first-order valence-corrected chi connectivity index (χ1v) is 6.24. The fraction of sp³-hybridized carbons (Fsp3) is 0.429. The second kappa shape index (κ2) is 6.89. The number of carbonyl (C=O) groups excluding carboxylic acids is 1. The Morgan fingerprint density at radius 1 is 1.26 bits per heavy atom. The predicted octanol–water partition coefficient (Wildman–Crippen LogP) is 0.782. The van der Waals surface area contributed by atoms with Crippen LogP contribution in [0.1, 0.15) is 19.4 Å². The van der Waals surface area contributed by atoms with Crippen molar-refractivity contribution >= 4 is 11.9 Å². The molecule has 5 nitrogen and oxygen atoms in total. The minimum atomic E-state index is -1.05. The number of nitrogens with one attached hydrogen (secondary N) is 1. The number of aliphatic carboxylic acids is 1. The van der Waals surface area contributed by atoms with Gasteiger partial charge in [-0.25, -0.2) is 4.79 Å². The van der Waals surface area contributed by atoms with Crippen molar-refractivity contribution in [2.45, 2.75) is 32.4 Å². The summed E-state index contributed by atoms with van der Waals surface area (Å²) < 4.78 is 0. The Labute approximate surface area is 112 Å². The number of hydrogen-bond acceptors (Lipinski definition) is 3. The summed E-state index contributed by atoms with van der Waals surface area (Å²) in [6.45, 7) is 3.48. The first kappa shape index (κ1) is 15.2. The molecule has 0 saturated carbocycles. The second-order valence-electron chi connectivity index (χ2n) is 4.86. The fourth-order valence-corrected chi connectivity index (χ4v) is 1.73. The van der Waals surface area contributed by atoms with E-state index in [1.807, 2.05) is 30.3 Å². The van der Waals surface area contributed by atoms with E-state index in [0.717, 1.165) is 5.56 Å². The van der Waals surface area contributed by atoms with Gasteiger partial charge >= 0.3 is 5.97 Å². The van der Waals surface area contributed by atoms with Crippen LogP contribution in [-0.2, 0) is 16.0 Å². The van der Waals surface area contributed by atoms with Gasteiger partial charge < -0.3 is 16.2 Å². The van der Waals surface area contributed by atoms with E-state index in [4.69, 9.17) is 10.8 Å². The first-order valence-electron chi connectivity index (χ1n) is 6.24. The van der Waals surface area contributed by atoms with Crippen molar-refractivity contribution in [3.63, 3.8) is 0 Å². The first-order chi connectivity index (χ1) is 8.91. The van der Waals surface area contributed by atoms with E-state index in [1.165, 1.54) is 0 Å². The fourth-order valence-electron chi connectivity index (χ4n) is 1.73. The maximum absolute atomic E-state index is 11.9. The summed E-state index contributed by atoms with van der Waals surface area (Å²) in [4.78, 5) is 22.9. The predicted molar refractivity (Wildman–Crippen MR) is 72.5 cm³/mol. The molecule has 5 heteroatoms. The summed E-state index contributed by atoms with van der Waals surface area (Å²) >= 11 is 0. The summed E-state index contributed by atoms with van der Waals surface area (Å²) in [5, 5.41) is 11.5. The monoisotopic (exact) mass is 264 g/mol. The quantitative estimate of drug-likeness (QED) is 0.708. The van der Waals surface area contributed by atoms with Crippen LogP contribution in [0.2, 0.25) is 0 Å². The number of carboxylic acids is 1. The lowest BCUT2D eigenvalue weighted by molar-refractivity contribution is -0.143. The van der Waals surface area contributed by atoms with Crippen LogP contribution in [0.25, 0.3) is 0 Å². The summed E-state index contributed by atoms with van der Waals surface area (Å²) in [6, 6.07) is 7.72. The van der Waals surface area contributed by atoms with Crippen LogP contribution in [0.4, 0.5) is 0 Å². The van der Waals surface area contributed by atoms with Gasteiger partial charge in [-0.3, -0.25) is 4.79 Å². The van der Waals surface area contributed by atoms with Crippen LogP contribution < -0.4 is 11.1 Å². The minimum Gasteiger partial charge on any atom is -0.480 e. The van der Waals surface area contributed by atoms with Crippen molar-refractivity contribution in [2.24, 2.45) is 11.7 Å². The Bertz CT molecular complexity index is 432. The lowest BCUT2D eigenvalue weighted by Crippen LogP contribution is -2.51. The van der Waals surface area contributed by atoms with E-state index in [9.17, 15) is 9.59 Å². The molecular weight excluding hydrogens is 244 g/mol. The largest absolute Gasteiger partial charge is 0.480 e. The molecule has 0 bridgehead atoms. The SMILES string of the molecule is CC(C)[C@H](NC(=O)C(N)Cc1ccccc1)C(=O)O. The molecule has 0 heterocycles. The highest BCUT2D eigenvalue weighted by atomic mass is 16.4. The average molecular weight is 264 g/mol. The summed E-state index contributed by atoms with van der Waals surface area (Å²) in [6.07, 6.45) is 0.386. The maximum atomic E-state index is 11.9. The lowest BCUT2D eigenvalue weighted by Gasteiger charge is -2.20. The van der Waals surface area contributed by atoms with E-state index < -0.39 is 24.0 Å².